The van der Waals surface area contributed by atoms with Gasteiger partial charge in [0.25, 0.3) is 0 Å². The number of aryl methyl sites for hydroxylation is 1. The van der Waals surface area contributed by atoms with Crippen LogP contribution >= 0.6 is 0 Å². The van der Waals surface area contributed by atoms with Gasteiger partial charge in [-0.3, -0.25) is 9.59 Å². The van der Waals surface area contributed by atoms with E-state index in [0.717, 1.165) is 36.5 Å². The Bertz CT molecular complexity index is 641. The Kier molecular flexibility index (Phi) is 6.50. The molecule has 1 aromatic carbocycles. The minimum atomic E-state index is 0.0621. The molecule has 0 spiro atoms. The second kappa shape index (κ2) is 9.03. The van der Waals surface area contributed by atoms with Gasteiger partial charge in [0.2, 0.25) is 11.8 Å². The van der Waals surface area contributed by atoms with E-state index >= 15 is 0 Å². The molecule has 3 N–H and O–H groups in total. The molecule has 26 heavy (non-hydrogen) atoms. The van der Waals surface area contributed by atoms with E-state index in [4.69, 9.17) is 4.74 Å². The topological polar surface area (TPSA) is 79.5 Å². The summed E-state index contributed by atoms with van der Waals surface area (Å²) in [6.07, 6.45) is 4.24. The molecule has 142 valence electrons. The van der Waals surface area contributed by atoms with Crippen LogP contribution in [-0.4, -0.2) is 38.1 Å². The van der Waals surface area contributed by atoms with E-state index in [-0.39, 0.29) is 11.8 Å². The van der Waals surface area contributed by atoms with Crippen LogP contribution in [0.15, 0.2) is 18.2 Å². The highest BCUT2D eigenvalue weighted by molar-refractivity contribution is 5.94. The van der Waals surface area contributed by atoms with Crippen LogP contribution in [-0.2, 0) is 16.0 Å². The van der Waals surface area contributed by atoms with Crippen molar-refractivity contribution in [2.75, 3.05) is 31.6 Å². The fourth-order valence-electron chi connectivity index (χ4n) is 3.70. The van der Waals surface area contributed by atoms with Crippen molar-refractivity contribution in [3.8, 4) is 5.75 Å². The highest BCUT2D eigenvalue weighted by Gasteiger charge is 2.21. The summed E-state index contributed by atoms with van der Waals surface area (Å²) in [5.74, 6) is 1.93. The van der Waals surface area contributed by atoms with Crippen molar-refractivity contribution in [2.24, 2.45) is 11.8 Å². The number of amides is 2. The smallest absolute Gasteiger partial charge is 0.224 e. The predicted molar refractivity (Wildman–Crippen MR) is 101 cm³/mol. The molecule has 1 aromatic rings. The molecule has 2 unspecified atom stereocenters. The molecule has 0 radical (unpaired) electrons. The SMILES string of the molecule is CC(CC(=O)NCCOc1ccc2c(c1)CCC(=O)N2)C1CCCNC1. The van der Waals surface area contributed by atoms with Gasteiger partial charge in [-0.1, -0.05) is 6.92 Å². The van der Waals surface area contributed by atoms with Crippen molar-refractivity contribution in [3.05, 3.63) is 23.8 Å². The van der Waals surface area contributed by atoms with Gasteiger partial charge in [0.15, 0.2) is 0 Å². The summed E-state index contributed by atoms with van der Waals surface area (Å²) in [5, 5.41) is 9.22. The fourth-order valence-corrected chi connectivity index (χ4v) is 3.70. The van der Waals surface area contributed by atoms with Crippen molar-refractivity contribution in [3.63, 3.8) is 0 Å². The molecule has 2 atom stereocenters. The molecule has 2 aliphatic heterocycles. The molecule has 0 aliphatic carbocycles. The first-order valence-corrected chi connectivity index (χ1v) is 9.65. The minimum absolute atomic E-state index is 0.0621. The highest BCUT2D eigenvalue weighted by atomic mass is 16.5. The van der Waals surface area contributed by atoms with Crippen molar-refractivity contribution in [2.45, 2.75) is 39.0 Å². The van der Waals surface area contributed by atoms with E-state index in [1.54, 1.807) is 0 Å². The van der Waals surface area contributed by atoms with Gasteiger partial charge in [-0.05, 0) is 68.0 Å². The maximum Gasteiger partial charge on any atom is 0.224 e. The van der Waals surface area contributed by atoms with Gasteiger partial charge in [-0.25, -0.2) is 0 Å². The molecule has 6 nitrogen and oxygen atoms in total. The zero-order chi connectivity index (χ0) is 18.4. The number of carbonyl (C=O) groups is 2. The number of anilines is 1. The Morgan fingerprint density at radius 2 is 2.27 bits per heavy atom. The number of fused-ring (bicyclic) bond motifs is 1. The molecule has 0 aromatic heterocycles. The molecule has 2 amide bonds. The largest absolute Gasteiger partial charge is 0.492 e. The van der Waals surface area contributed by atoms with Gasteiger partial charge in [0.05, 0.1) is 6.54 Å². The lowest BCUT2D eigenvalue weighted by atomic mass is 9.85. The minimum Gasteiger partial charge on any atom is -0.492 e. The van der Waals surface area contributed by atoms with E-state index in [1.807, 2.05) is 18.2 Å². The monoisotopic (exact) mass is 359 g/mol. The third-order valence-electron chi connectivity index (χ3n) is 5.31. The van der Waals surface area contributed by atoms with Crippen molar-refractivity contribution < 1.29 is 14.3 Å². The summed E-state index contributed by atoms with van der Waals surface area (Å²) in [6, 6.07) is 5.69. The number of carbonyl (C=O) groups excluding carboxylic acids is 2. The number of benzene rings is 1. The Balaban J connectivity index is 1.36. The van der Waals surface area contributed by atoms with E-state index in [1.165, 1.54) is 12.8 Å². The second-order valence-electron chi connectivity index (χ2n) is 7.35. The number of piperidine rings is 1. The van der Waals surface area contributed by atoms with Crippen LogP contribution < -0.4 is 20.7 Å². The molecule has 2 aliphatic rings. The number of hydrogen-bond acceptors (Lipinski definition) is 4. The molecular weight excluding hydrogens is 330 g/mol. The van der Waals surface area contributed by atoms with Crippen LogP contribution in [0.25, 0.3) is 0 Å². The van der Waals surface area contributed by atoms with Crippen molar-refractivity contribution in [1.82, 2.24) is 10.6 Å². The number of ether oxygens (including phenoxy) is 1. The maximum atomic E-state index is 12.1. The molecular formula is C20H29N3O3. The molecule has 0 bridgehead atoms. The van der Waals surface area contributed by atoms with Crippen LogP contribution in [0, 0.1) is 11.8 Å². The zero-order valence-corrected chi connectivity index (χ0v) is 15.5. The lowest BCUT2D eigenvalue weighted by Gasteiger charge is -2.28. The number of hydrogen-bond donors (Lipinski definition) is 3. The van der Waals surface area contributed by atoms with E-state index in [9.17, 15) is 9.59 Å². The Morgan fingerprint density at radius 3 is 3.08 bits per heavy atom. The fraction of sp³-hybridized carbons (Fsp3) is 0.600. The quantitative estimate of drug-likeness (QED) is 0.652. The Labute approximate surface area is 155 Å². The normalized spacial score (nSPS) is 20.7. The first kappa shape index (κ1) is 18.7. The first-order chi connectivity index (χ1) is 12.6. The van der Waals surface area contributed by atoms with E-state index < -0.39 is 0 Å². The molecule has 2 heterocycles. The van der Waals surface area contributed by atoms with Crippen LogP contribution in [0.5, 0.6) is 5.75 Å². The molecule has 1 saturated heterocycles. The van der Waals surface area contributed by atoms with Gasteiger partial charge in [-0.2, -0.15) is 0 Å². The maximum absolute atomic E-state index is 12.1. The number of nitrogens with one attached hydrogen (secondary N) is 3. The summed E-state index contributed by atoms with van der Waals surface area (Å²) in [6.45, 7) is 5.23. The average molecular weight is 359 g/mol. The van der Waals surface area contributed by atoms with Crippen LogP contribution in [0.1, 0.15) is 38.2 Å². The zero-order valence-electron chi connectivity index (χ0n) is 15.5. The first-order valence-electron chi connectivity index (χ1n) is 9.65. The van der Waals surface area contributed by atoms with Crippen molar-refractivity contribution in [1.29, 1.82) is 0 Å². The van der Waals surface area contributed by atoms with Crippen LogP contribution in [0.2, 0.25) is 0 Å². The molecule has 3 rings (SSSR count). The summed E-state index contributed by atoms with van der Waals surface area (Å²) in [7, 11) is 0. The van der Waals surface area contributed by atoms with Gasteiger partial charge in [-0.15, -0.1) is 0 Å². The summed E-state index contributed by atoms with van der Waals surface area (Å²) < 4.78 is 5.73. The van der Waals surface area contributed by atoms with Crippen LogP contribution in [0.3, 0.4) is 0 Å². The Morgan fingerprint density at radius 1 is 1.38 bits per heavy atom. The molecule has 1 fully saturated rings. The van der Waals surface area contributed by atoms with Gasteiger partial charge in [0, 0.05) is 18.5 Å². The third-order valence-corrected chi connectivity index (χ3v) is 5.31. The molecule has 0 saturated carbocycles. The van der Waals surface area contributed by atoms with Gasteiger partial charge < -0.3 is 20.7 Å². The lowest BCUT2D eigenvalue weighted by molar-refractivity contribution is -0.122. The van der Waals surface area contributed by atoms with Gasteiger partial charge in [0.1, 0.15) is 12.4 Å². The third kappa shape index (κ3) is 5.21. The van der Waals surface area contributed by atoms with Crippen molar-refractivity contribution >= 4 is 17.5 Å². The lowest BCUT2D eigenvalue weighted by Crippen LogP contribution is -2.36. The second-order valence-corrected chi connectivity index (χ2v) is 7.35. The summed E-state index contributed by atoms with van der Waals surface area (Å²) in [4.78, 5) is 23.5. The summed E-state index contributed by atoms with van der Waals surface area (Å²) in [5.41, 5.74) is 1.97. The van der Waals surface area contributed by atoms with Gasteiger partial charge >= 0.3 is 0 Å². The molecule has 6 heteroatoms. The van der Waals surface area contributed by atoms with E-state index in [0.29, 0.717) is 37.8 Å². The Hall–Kier alpha value is -2.08. The average Bonchev–Trinajstić information content (AvgIpc) is 2.66. The summed E-state index contributed by atoms with van der Waals surface area (Å²) >= 11 is 0. The van der Waals surface area contributed by atoms with E-state index in [2.05, 4.69) is 22.9 Å². The highest BCUT2D eigenvalue weighted by Crippen LogP contribution is 2.26. The van der Waals surface area contributed by atoms with Crippen LogP contribution in [0.4, 0.5) is 5.69 Å². The standard InChI is InChI=1S/C20H29N3O3/c1-14(16-3-2-8-21-13-16)11-20(25)22-9-10-26-17-5-6-18-15(12-17)4-7-19(24)23-18/h5-6,12,14,16,21H,2-4,7-11,13H2,1H3,(H,22,25)(H,23,24). The number of rotatable bonds is 7. The predicted octanol–water partition coefficient (Wildman–Crippen LogP) is 2.09.